The molecule has 0 atom stereocenters. The maximum absolute atomic E-state index is 12.1. The average molecular weight is 379 g/mol. The van der Waals surface area contributed by atoms with E-state index in [0.29, 0.717) is 29.0 Å². The number of nitrogens with zero attached hydrogens (tertiary/aromatic N) is 1. The zero-order valence-electron chi connectivity index (χ0n) is 14.0. The van der Waals surface area contributed by atoms with Crippen LogP contribution in [0.15, 0.2) is 42.5 Å². The molecule has 3 rings (SSSR count). The summed E-state index contributed by atoms with van der Waals surface area (Å²) in [5.74, 6) is -0.0257. The number of rotatable bonds is 6. The van der Waals surface area contributed by atoms with Crippen molar-refractivity contribution in [2.75, 3.05) is 30.4 Å². The van der Waals surface area contributed by atoms with Crippen molar-refractivity contribution in [3.8, 4) is 0 Å². The number of nitrogens with one attached hydrogen (secondary N) is 1. The predicted octanol–water partition coefficient (Wildman–Crippen LogP) is 4.40. The molecule has 0 aromatic heterocycles. The van der Waals surface area contributed by atoms with E-state index in [-0.39, 0.29) is 5.91 Å². The quantitative estimate of drug-likeness (QED) is 0.809. The van der Waals surface area contributed by atoms with Gasteiger partial charge in [0.2, 0.25) is 5.91 Å². The fourth-order valence-electron chi connectivity index (χ4n) is 2.73. The molecule has 25 heavy (non-hydrogen) atoms. The van der Waals surface area contributed by atoms with E-state index in [1.54, 1.807) is 19.2 Å². The largest absolute Gasteiger partial charge is 0.378 e. The molecule has 0 aliphatic carbocycles. The molecular formula is C19H20Cl2N2O2. The fourth-order valence-corrected chi connectivity index (χ4v) is 3.05. The summed E-state index contributed by atoms with van der Waals surface area (Å²) >= 11 is 11.9. The van der Waals surface area contributed by atoms with Crippen LogP contribution in [0.1, 0.15) is 12.0 Å². The highest BCUT2D eigenvalue weighted by molar-refractivity contribution is 6.42. The van der Waals surface area contributed by atoms with Gasteiger partial charge in [0, 0.05) is 38.0 Å². The predicted molar refractivity (Wildman–Crippen MR) is 103 cm³/mol. The van der Waals surface area contributed by atoms with E-state index in [2.05, 4.69) is 10.2 Å². The normalized spacial score (nSPS) is 14.3. The third-order valence-electron chi connectivity index (χ3n) is 4.32. The number of methoxy groups -OCH3 is 1. The summed E-state index contributed by atoms with van der Waals surface area (Å²) in [7, 11) is 1.73. The highest BCUT2D eigenvalue weighted by Gasteiger charge is 2.26. The fraction of sp³-hybridized carbons (Fsp3) is 0.316. The first-order chi connectivity index (χ1) is 12.0. The third kappa shape index (κ3) is 4.66. The Bertz CT molecular complexity index is 744. The maximum atomic E-state index is 12.1. The Morgan fingerprint density at radius 1 is 1.16 bits per heavy atom. The van der Waals surface area contributed by atoms with Crippen LogP contribution in [0.3, 0.4) is 0 Å². The molecule has 132 valence electrons. The Morgan fingerprint density at radius 2 is 1.88 bits per heavy atom. The molecule has 4 nitrogen and oxygen atoms in total. The molecule has 2 aromatic carbocycles. The van der Waals surface area contributed by atoms with Crippen molar-refractivity contribution in [3.05, 3.63) is 58.1 Å². The Morgan fingerprint density at radius 3 is 2.52 bits per heavy atom. The number of hydrogen-bond acceptors (Lipinski definition) is 3. The van der Waals surface area contributed by atoms with Gasteiger partial charge in [0.15, 0.2) is 0 Å². The van der Waals surface area contributed by atoms with Crippen LogP contribution in [0.4, 0.5) is 11.4 Å². The van der Waals surface area contributed by atoms with Crippen molar-refractivity contribution in [3.63, 3.8) is 0 Å². The highest BCUT2D eigenvalue weighted by atomic mass is 35.5. The summed E-state index contributed by atoms with van der Waals surface area (Å²) in [5, 5.41) is 3.95. The molecule has 1 aliphatic heterocycles. The standard InChI is InChI=1S/C19H20Cl2N2O2/c1-25-16-11-23(12-16)15-6-4-14(5-7-15)22-19(24)9-3-13-2-8-17(20)18(21)10-13/h2,4-8,10,16H,3,9,11-12H2,1H3,(H,22,24). The van der Waals surface area contributed by atoms with Gasteiger partial charge in [-0.1, -0.05) is 29.3 Å². The lowest BCUT2D eigenvalue weighted by Crippen LogP contribution is -2.51. The summed E-state index contributed by atoms with van der Waals surface area (Å²) in [6.45, 7) is 1.82. The van der Waals surface area contributed by atoms with E-state index in [1.807, 2.05) is 30.3 Å². The molecule has 0 unspecified atom stereocenters. The number of amides is 1. The van der Waals surface area contributed by atoms with Crippen molar-refractivity contribution in [1.29, 1.82) is 0 Å². The average Bonchev–Trinajstić information content (AvgIpc) is 2.56. The van der Waals surface area contributed by atoms with Crippen LogP contribution < -0.4 is 10.2 Å². The van der Waals surface area contributed by atoms with Gasteiger partial charge in [0.1, 0.15) is 0 Å². The second-order valence-electron chi connectivity index (χ2n) is 6.11. The number of carbonyl (C=O) groups is 1. The minimum atomic E-state index is -0.0257. The molecule has 0 bridgehead atoms. The zero-order chi connectivity index (χ0) is 17.8. The van der Waals surface area contributed by atoms with E-state index < -0.39 is 0 Å². The lowest BCUT2D eigenvalue weighted by Gasteiger charge is -2.40. The van der Waals surface area contributed by atoms with Crippen LogP contribution >= 0.6 is 23.2 Å². The Kier molecular flexibility index (Phi) is 5.84. The zero-order valence-corrected chi connectivity index (χ0v) is 15.5. The summed E-state index contributed by atoms with van der Waals surface area (Å²) in [6.07, 6.45) is 1.33. The lowest BCUT2D eigenvalue weighted by atomic mass is 10.1. The van der Waals surface area contributed by atoms with Gasteiger partial charge in [-0.3, -0.25) is 4.79 Å². The van der Waals surface area contributed by atoms with Crippen LogP contribution in [0.2, 0.25) is 10.0 Å². The molecule has 1 heterocycles. The van der Waals surface area contributed by atoms with Gasteiger partial charge in [-0.2, -0.15) is 0 Å². The Labute approximate surface area is 157 Å². The molecule has 1 amide bonds. The second kappa shape index (κ2) is 8.09. The van der Waals surface area contributed by atoms with E-state index in [9.17, 15) is 4.79 Å². The lowest BCUT2D eigenvalue weighted by molar-refractivity contribution is -0.116. The SMILES string of the molecule is COC1CN(c2ccc(NC(=O)CCc3ccc(Cl)c(Cl)c3)cc2)C1. The van der Waals surface area contributed by atoms with Gasteiger partial charge in [-0.25, -0.2) is 0 Å². The van der Waals surface area contributed by atoms with Crippen LogP contribution in [-0.4, -0.2) is 32.2 Å². The van der Waals surface area contributed by atoms with Crippen molar-refractivity contribution < 1.29 is 9.53 Å². The van der Waals surface area contributed by atoms with Crippen LogP contribution in [-0.2, 0) is 16.0 Å². The topological polar surface area (TPSA) is 41.6 Å². The highest BCUT2D eigenvalue weighted by Crippen LogP contribution is 2.25. The number of benzene rings is 2. The molecule has 1 fully saturated rings. The first kappa shape index (κ1) is 18.1. The van der Waals surface area contributed by atoms with Gasteiger partial charge < -0.3 is 15.0 Å². The molecule has 1 aliphatic rings. The summed E-state index contributed by atoms with van der Waals surface area (Å²) in [5.41, 5.74) is 2.93. The molecule has 6 heteroatoms. The summed E-state index contributed by atoms with van der Waals surface area (Å²) < 4.78 is 5.28. The maximum Gasteiger partial charge on any atom is 0.224 e. The van der Waals surface area contributed by atoms with Crippen LogP contribution in [0.5, 0.6) is 0 Å². The van der Waals surface area contributed by atoms with Gasteiger partial charge in [0.05, 0.1) is 16.1 Å². The van der Waals surface area contributed by atoms with E-state index >= 15 is 0 Å². The molecular weight excluding hydrogens is 359 g/mol. The number of ether oxygens (including phenoxy) is 1. The molecule has 0 radical (unpaired) electrons. The van der Waals surface area contributed by atoms with Crippen molar-refractivity contribution in [1.82, 2.24) is 0 Å². The van der Waals surface area contributed by atoms with E-state index in [1.165, 1.54) is 0 Å². The second-order valence-corrected chi connectivity index (χ2v) is 6.92. The van der Waals surface area contributed by atoms with E-state index in [4.69, 9.17) is 27.9 Å². The van der Waals surface area contributed by atoms with Crippen molar-refractivity contribution >= 4 is 40.5 Å². The number of carbonyl (C=O) groups excluding carboxylic acids is 1. The van der Waals surface area contributed by atoms with Gasteiger partial charge >= 0.3 is 0 Å². The summed E-state index contributed by atoms with van der Waals surface area (Å²) in [4.78, 5) is 14.3. The summed E-state index contributed by atoms with van der Waals surface area (Å²) in [6, 6.07) is 13.3. The number of anilines is 2. The first-order valence-corrected chi connectivity index (χ1v) is 8.92. The monoisotopic (exact) mass is 378 g/mol. The van der Waals surface area contributed by atoms with E-state index in [0.717, 1.165) is 30.0 Å². The first-order valence-electron chi connectivity index (χ1n) is 8.17. The van der Waals surface area contributed by atoms with Crippen LogP contribution in [0, 0.1) is 0 Å². The Balaban J connectivity index is 1.48. The molecule has 1 saturated heterocycles. The van der Waals surface area contributed by atoms with Gasteiger partial charge in [-0.15, -0.1) is 0 Å². The molecule has 0 saturated carbocycles. The molecule has 1 N–H and O–H groups in total. The number of halogens is 2. The molecule has 2 aromatic rings. The minimum absolute atomic E-state index is 0.0257. The molecule has 0 spiro atoms. The van der Waals surface area contributed by atoms with Gasteiger partial charge in [0.25, 0.3) is 0 Å². The smallest absolute Gasteiger partial charge is 0.224 e. The van der Waals surface area contributed by atoms with Crippen molar-refractivity contribution in [2.45, 2.75) is 18.9 Å². The number of hydrogen-bond donors (Lipinski definition) is 1. The number of aryl methyl sites for hydroxylation is 1. The Hall–Kier alpha value is -1.75. The third-order valence-corrected chi connectivity index (χ3v) is 5.06. The van der Waals surface area contributed by atoms with Gasteiger partial charge in [-0.05, 0) is 48.4 Å². The minimum Gasteiger partial charge on any atom is -0.378 e. The van der Waals surface area contributed by atoms with Crippen LogP contribution in [0.25, 0.3) is 0 Å². The van der Waals surface area contributed by atoms with Crippen molar-refractivity contribution in [2.24, 2.45) is 0 Å².